The number of carbonyl (C=O) groups excluding carboxylic acids is 1. The fourth-order valence-corrected chi connectivity index (χ4v) is 1.51. The Labute approximate surface area is 110 Å². The van der Waals surface area contributed by atoms with E-state index < -0.39 is 29.9 Å². The fourth-order valence-electron chi connectivity index (χ4n) is 1.34. The topological polar surface area (TPSA) is 26.3 Å². The molecule has 0 atom stereocenters. The summed E-state index contributed by atoms with van der Waals surface area (Å²) < 4.78 is 64.8. The van der Waals surface area contributed by atoms with Gasteiger partial charge in [-0.05, 0) is 18.2 Å². The molecule has 106 valence electrons. The van der Waals surface area contributed by atoms with Crippen molar-refractivity contribution in [3.8, 4) is 5.75 Å². The molecule has 0 aliphatic carbocycles. The van der Waals surface area contributed by atoms with Crippen molar-refractivity contribution in [2.75, 3.05) is 5.88 Å². The largest absolute Gasteiger partial charge is 0.573 e. The van der Waals surface area contributed by atoms with Crippen molar-refractivity contribution >= 4 is 17.4 Å². The van der Waals surface area contributed by atoms with Gasteiger partial charge < -0.3 is 4.74 Å². The first-order valence-electron chi connectivity index (χ1n) is 5.01. The third kappa shape index (κ3) is 4.66. The summed E-state index contributed by atoms with van der Waals surface area (Å²) in [5.41, 5.74) is -1.12. The lowest BCUT2D eigenvalue weighted by molar-refractivity contribution is -0.275. The van der Waals surface area contributed by atoms with Crippen LogP contribution in [0.4, 0.5) is 22.0 Å². The lowest BCUT2D eigenvalue weighted by Gasteiger charge is -2.13. The molecule has 2 nitrogen and oxygen atoms in total. The maximum atomic E-state index is 12.6. The Morgan fingerprint density at radius 3 is 2.42 bits per heavy atom. The molecule has 0 unspecified atom stereocenters. The van der Waals surface area contributed by atoms with Crippen molar-refractivity contribution in [2.45, 2.75) is 19.2 Å². The summed E-state index contributed by atoms with van der Waals surface area (Å²) in [6.45, 7) is 0. The van der Waals surface area contributed by atoms with Gasteiger partial charge in [0.05, 0.1) is 5.56 Å². The number of halogens is 6. The zero-order valence-electron chi connectivity index (χ0n) is 9.31. The Morgan fingerprint density at radius 2 is 1.95 bits per heavy atom. The number of hydrogen-bond donors (Lipinski definition) is 0. The molecular formula is C11H8ClF5O2. The average molecular weight is 303 g/mol. The highest BCUT2D eigenvalue weighted by molar-refractivity contribution is 6.19. The van der Waals surface area contributed by atoms with E-state index in [1.165, 1.54) is 0 Å². The van der Waals surface area contributed by atoms with Gasteiger partial charge in [-0.1, -0.05) is 0 Å². The van der Waals surface area contributed by atoms with Crippen LogP contribution in [0.25, 0.3) is 0 Å². The molecule has 0 radical (unpaired) electrons. The van der Waals surface area contributed by atoms with Gasteiger partial charge in [0.25, 0.3) is 6.43 Å². The van der Waals surface area contributed by atoms with Gasteiger partial charge in [0.2, 0.25) is 0 Å². The molecule has 0 fully saturated rings. The quantitative estimate of drug-likeness (QED) is 0.459. The molecule has 0 bridgehead atoms. The van der Waals surface area contributed by atoms with Gasteiger partial charge in [-0.3, -0.25) is 4.79 Å². The van der Waals surface area contributed by atoms with Crippen molar-refractivity contribution in [2.24, 2.45) is 0 Å². The Balaban J connectivity index is 3.11. The summed E-state index contributed by atoms with van der Waals surface area (Å²) in [7, 11) is 0. The van der Waals surface area contributed by atoms with Gasteiger partial charge in [0.1, 0.15) is 5.75 Å². The average Bonchev–Trinajstić information content (AvgIpc) is 2.27. The number of ether oxygens (including phenoxy) is 1. The molecule has 0 saturated carbocycles. The first kappa shape index (κ1) is 15.7. The van der Waals surface area contributed by atoms with Gasteiger partial charge in [-0.25, -0.2) is 8.78 Å². The monoisotopic (exact) mass is 302 g/mol. The minimum absolute atomic E-state index is 0.0103. The van der Waals surface area contributed by atoms with E-state index in [1.807, 2.05) is 0 Å². The van der Waals surface area contributed by atoms with Gasteiger partial charge in [0.15, 0.2) is 5.78 Å². The molecule has 0 heterocycles. The zero-order chi connectivity index (χ0) is 14.6. The summed E-state index contributed by atoms with van der Waals surface area (Å²) in [6, 6.07) is 2.36. The van der Waals surface area contributed by atoms with Crippen molar-refractivity contribution in [1.82, 2.24) is 0 Å². The van der Waals surface area contributed by atoms with Gasteiger partial charge in [-0.2, -0.15) is 0 Å². The molecule has 1 rings (SSSR count). The molecule has 8 heteroatoms. The second kappa shape index (κ2) is 6.18. The van der Waals surface area contributed by atoms with E-state index in [9.17, 15) is 26.7 Å². The molecule has 0 aliphatic rings. The van der Waals surface area contributed by atoms with Crippen LogP contribution in [0.15, 0.2) is 18.2 Å². The minimum atomic E-state index is -5.08. The smallest absolute Gasteiger partial charge is 0.405 e. The van der Waals surface area contributed by atoms with E-state index in [-0.39, 0.29) is 17.9 Å². The van der Waals surface area contributed by atoms with Crippen LogP contribution in [0.1, 0.15) is 28.8 Å². The van der Waals surface area contributed by atoms with Crippen LogP contribution >= 0.6 is 11.6 Å². The van der Waals surface area contributed by atoms with Crippen LogP contribution in [0.3, 0.4) is 0 Å². The minimum Gasteiger partial charge on any atom is -0.405 e. The van der Waals surface area contributed by atoms with Crippen molar-refractivity contribution in [3.63, 3.8) is 0 Å². The summed E-state index contributed by atoms with van der Waals surface area (Å²) in [6.07, 6.45) is -8.37. The molecule has 1 aromatic carbocycles. The summed E-state index contributed by atoms with van der Waals surface area (Å²) in [4.78, 5) is 11.4. The van der Waals surface area contributed by atoms with Crippen LogP contribution in [0, 0.1) is 0 Å². The molecule has 1 aromatic rings. The SMILES string of the molecule is O=C(CCCl)c1ccc(OC(F)(F)F)c(C(F)F)c1. The standard InChI is InChI=1S/C11H8ClF5O2/c12-4-3-8(18)6-1-2-9(19-11(15,16)17)7(5-6)10(13)14/h1-2,5,10H,3-4H2. The Morgan fingerprint density at radius 1 is 1.32 bits per heavy atom. The number of ketones is 1. The lowest BCUT2D eigenvalue weighted by Crippen LogP contribution is -2.18. The van der Waals surface area contributed by atoms with E-state index in [4.69, 9.17) is 11.6 Å². The third-order valence-electron chi connectivity index (χ3n) is 2.11. The van der Waals surface area contributed by atoms with Crippen LogP contribution in [0.5, 0.6) is 5.75 Å². The molecule has 0 aliphatic heterocycles. The number of benzene rings is 1. The molecule has 0 aromatic heterocycles. The van der Waals surface area contributed by atoms with Crippen molar-refractivity contribution in [1.29, 1.82) is 0 Å². The molecular weight excluding hydrogens is 295 g/mol. The van der Waals surface area contributed by atoms with Gasteiger partial charge in [-0.15, -0.1) is 24.8 Å². The number of alkyl halides is 6. The highest BCUT2D eigenvalue weighted by atomic mass is 35.5. The molecule has 0 amide bonds. The second-order valence-corrected chi connectivity index (χ2v) is 3.84. The second-order valence-electron chi connectivity index (χ2n) is 3.46. The lowest BCUT2D eigenvalue weighted by atomic mass is 10.0. The first-order chi connectivity index (χ1) is 8.74. The Kier molecular flexibility index (Phi) is 5.11. The zero-order valence-corrected chi connectivity index (χ0v) is 10.1. The number of carbonyl (C=O) groups is 1. The Hall–Kier alpha value is -1.37. The molecule has 19 heavy (non-hydrogen) atoms. The molecule has 0 N–H and O–H groups in total. The van der Waals surface area contributed by atoms with Crippen LogP contribution in [0.2, 0.25) is 0 Å². The van der Waals surface area contributed by atoms with E-state index in [1.54, 1.807) is 0 Å². The maximum absolute atomic E-state index is 12.6. The third-order valence-corrected chi connectivity index (χ3v) is 2.30. The predicted octanol–water partition coefficient (Wildman–Crippen LogP) is 4.33. The molecule has 0 spiro atoms. The Bertz CT molecular complexity index is 459. The van der Waals surface area contributed by atoms with Crippen LogP contribution < -0.4 is 4.74 Å². The summed E-state index contributed by atoms with van der Waals surface area (Å²) >= 11 is 5.32. The van der Waals surface area contributed by atoms with Crippen LogP contribution in [-0.4, -0.2) is 18.0 Å². The highest BCUT2D eigenvalue weighted by Gasteiger charge is 2.33. The molecule has 0 saturated heterocycles. The predicted molar refractivity (Wildman–Crippen MR) is 57.7 cm³/mol. The van der Waals surface area contributed by atoms with Gasteiger partial charge >= 0.3 is 6.36 Å². The van der Waals surface area contributed by atoms with Crippen molar-refractivity contribution < 1.29 is 31.5 Å². The van der Waals surface area contributed by atoms with Crippen molar-refractivity contribution in [3.05, 3.63) is 29.3 Å². The fraction of sp³-hybridized carbons (Fsp3) is 0.364. The highest BCUT2D eigenvalue weighted by Crippen LogP contribution is 2.33. The van der Waals surface area contributed by atoms with E-state index in [2.05, 4.69) is 4.74 Å². The number of hydrogen-bond acceptors (Lipinski definition) is 2. The number of rotatable bonds is 5. The summed E-state index contributed by atoms with van der Waals surface area (Å²) in [5.74, 6) is -1.57. The maximum Gasteiger partial charge on any atom is 0.573 e. The first-order valence-corrected chi connectivity index (χ1v) is 5.55. The number of Topliss-reactive ketones (excluding diaryl/α,β-unsaturated/α-hetero) is 1. The van der Waals surface area contributed by atoms with E-state index in [0.717, 1.165) is 6.07 Å². The van der Waals surface area contributed by atoms with Crippen LogP contribution in [-0.2, 0) is 0 Å². The van der Waals surface area contributed by atoms with Gasteiger partial charge in [0, 0.05) is 17.9 Å². The van der Waals surface area contributed by atoms with E-state index >= 15 is 0 Å². The normalized spacial score (nSPS) is 11.7. The van der Waals surface area contributed by atoms with E-state index in [0.29, 0.717) is 12.1 Å². The summed E-state index contributed by atoms with van der Waals surface area (Å²) in [5, 5.41) is 0.